The monoisotopic (exact) mass is 307 g/mol. The molecule has 0 saturated heterocycles. The van der Waals surface area contributed by atoms with Gasteiger partial charge in [-0.25, -0.2) is 9.97 Å². The van der Waals surface area contributed by atoms with Crippen molar-refractivity contribution in [3.05, 3.63) is 42.2 Å². The van der Waals surface area contributed by atoms with Gasteiger partial charge in [-0.3, -0.25) is 0 Å². The lowest BCUT2D eigenvalue weighted by Gasteiger charge is -2.05. The fourth-order valence-corrected chi connectivity index (χ4v) is 2.83. The molecule has 108 valence electrons. The number of hydrogen-bond acceptors (Lipinski definition) is 5. The van der Waals surface area contributed by atoms with Crippen LogP contribution in [0.5, 0.6) is 11.5 Å². The third-order valence-electron chi connectivity index (χ3n) is 3.33. The first-order valence-corrected chi connectivity index (χ1v) is 7.89. The Morgan fingerprint density at radius 1 is 1.18 bits per heavy atom. The van der Waals surface area contributed by atoms with E-state index in [1.165, 1.54) is 24.2 Å². The van der Waals surface area contributed by atoms with Crippen LogP contribution in [0.2, 0.25) is 0 Å². The summed E-state index contributed by atoms with van der Waals surface area (Å²) in [6.07, 6.45) is 4.14. The van der Waals surface area contributed by atoms with Crippen LogP contribution < -0.4 is 10.5 Å². The molecule has 4 rings (SSSR count). The fraction of sp³-hybridized carbons (Fsp3) is 0.176. The smallest absolute Gasteiger partial charge is 0.181 e. The van der Waals surface area contributed by atoms with E-state index in [9.17, 15) is 0 Å². The SMILES string of the molecule is Nc1nc2ccc(Oc3ccnc(C#CC4CC4)c3)cc2s1. The van der Waals surface area contributed by atoms with Crippen LogP contribution in [0.3, 0.4) is 0 Å². The first-order valence-electron chi connectivity index (χ1n) is 7.08. The summed E-state index contributed by atoms with van der Waals surface area (Å²) in [5.74, 6) is 8.35. The van der Waals surface area contributed by atoms with E-state index in [1.54, 1.807) is 6.20 Å². The largest absolute Gasteiger partial charge is 0.457 e. The van der Waals surface area contributed by atoms with E-state index < -0.39 is 0 Å². The Morgan fingerprint density at radius 3 is 2.91 bits per heavy atom. The molecule has 4 nitrogen and oxygen atoms in total. The zero-order chi connectivity index (χ0) is 14.9. The first kappa shape index (κ1) is 13.1. The van der Waals surface area contributed by atoms with Crippen molar-refractivity contribution in [2.75, 3.05) is 5.73 Å². The first-order chi connectivity index (χ1) is 10.8. The van der Waals surface area contributed by atoms with Gasteiger partial charge >= 0.3 is 0 Å². The lowest BCUT2D eigenvalue weighted by molar-refractivity contribution is 0.482. The molecule has 1 aliphatic rings. The molecular weight excluding hydrogens is 294 g/mol. The molecule has 1 saturated carbocycles. The van der Waals surface area contributed by atoms with Gasteiger partial charge in [0.15, 0.2) is 5.13 Å². The van der Waals surface area contributed by atoms with Crippen molar-refractivity contribution >= 4 is 26.7 Å². The minimum atomic E-state index is 0.561. The van der Waals surface area contributed by atoms with Crippen LogP contribution in [0, 0.1) is 17.8 Å². The van der Waals surface area contributed by atoms with Gasteiger partial charge in [0.2, 0.25) is 0 Å². The molecule has 0 radical (unpaired) electrons. The second kappa shape index (κ2) is 5.32. The summed E-state index contributed by atoms with van der Waals surface area (Å²) < 4.78 is 6.90. The molecule has 1 fully saturated rings. The highest BCUT2D eigenvalue weighted by molar-refractivity contribution is 7.22. The molecule has 2 N–H and O–H groups in total. The van der Waals surface area contributed by atoms with Crippen LogP contribution in [0.15, 0.2) is 36.5 Å². The quantitative estimate of drug-likeness (QED) is 0.731. The minimum absolute atomic E-state index is 0.561. The number of anilines is 1. The van der Waals surface area contributed by atoms with E-state index in [1.807, 2.05) is 30.3 Å². The van der Waals surface area contributed by atoms with Crippen molar-refractivity contribution in [2.24, 2.45) is 5.92 Å². The Bertz CT molecular complexity index is 903. The van der Waals surface area contributed by atoms with Gasteiger partial charge < -0.3 is 10.5 Å². The Kier molecular flexibility index (Phi) is 3.17. The van der Waals surface area contributed by atoms with E-state index in [0.29, 0.717) is 11.0 Å². The number of nitrogen functional groups attached to an aromatic ring is 1. The maximum Gasteiger partial charge on any atom is 0.181 e. The highest BCUT2D eigenvalue weighted by Gasteiger charge is 2.17. The van der Waals surface area contributed by atoms with Crippen molar-refractivity contribution in [3.63, 3.8) is 0 Å². The summed E-state index contributed by atoms with van der Waals surface area (Å²) in [6, 6.07) is 9.43. The number of aromatic nitrogens is 2. The van der Waals surface area contributed by atoms with Crippen LogP contribution in [0.4, 0.5) is 5.13 Å². The molecule has 2 aromatic heterocycles. The van der Waals surface area contributed by atoms with Gasteiger partial charge in [0.25, 0.3) is 0 Å². The number of ether oxygens (including phenoxy) is 1. The van der Waals surface area contributed by atoms with Crippen molar-refractivity contribution < 1.29 is 4.74 Å². The summed E-state index contributed by atoms with van der Waals surface area (Å²) in [5.41, 5.74) is 7.35. The van der Waals surface area contributed by atoms with Gasteiger partial charge in [-0.15, -0.1) is 0 Å². The van der Waals surface area contributed by atoms with E-state index in [-0.39, 0.29) is 0 Å². The van der Waals surface area contributed by atoms with Gasteiger partial charge in [0.1, 0.15) is 17.2 Å². The molecule has 0 spiro atoms. The fourth-order valence-electron chi connectivity index (χ4n) is 2.07. The van der Waals surface area contributed by atoms with Crippen LogP contribution in [-0.4, -0.2) is 9.97 Å². The Labute approximate surface area is 132 Å². The standard InChI is InChI=1S/C17H13N3OS/c18-17-20-15-6-5-13(10-16(15)22-17)21-14-7-8-19-12(9-14)4-3-11-1-2-11/h5-11H,1-2H2,(H2,18,20). The van der Waals surface area contributed by atoms with Crippen molar-refractivity contribution in [3.8, 4) is 23.3 Å². The molecule has 0 unspecified atom stereocenters. The summed E-state index contributed by atoms with van der Waals surface area (Å²) in [6.45, 7) is 0. The number of nitrogens with two attached hydrogens (primary N) is 1. The number of benzene rings is 1. The van der Waals surface area contributed by atoms with Gasteiger partial charge in [0.05, 0.1) is 10.2 Å². The third kappa shape index (κ3) is 2.87. The molecule has 0 bridgehead atoms. The predicted octanol–water partition coefficient (Wildman–Crippen LogP) is 3.83. The Morgan fingerprint density at radius 2 is 2.05 bits per heavy atom. The lowest BCUT2D eigenvalue weighted by atomic mass is 10.3. The lowest BCUT2D eigenvalue weighted by Crippen LogP contribution is -1.87. The highest BCUT2D eigenvalue weighted by Crippen LogP contribution is 2.30. The maximum atomic E-state index is 5.89. The number of rotatable bonds is 2. The van der Waals surface area contributed by atoms with E-state index in [2.05, 4.69) is 21.8 Å². The normalized spacial score (nSPS) is 13.6. The average Bonchev–Trinajstić information content (AvgIpc) is 3.26. The highest BCUT2D eigenvalue weighted by atomic mass is 32.1. The zero-order valence-corrected chi connectivity index (χ0v) is 12.6. The Hall–Kier alpha value is -2.58. The molecule has 0 atom stereocenters. The number of pyridine rings is 1. The molecule has 0 aliphatic heterocycles. The van der Waals surface area contributed by atoms with Crippen molar-refractivity contribution in [2.45, 2.75) is 12.8 Å². The minimum Gasteiger partial charge on any atom is -0.457 e. The number of nitrogens with zero attached hydrogens (tertiary/aromatic N) is 2. The molecule has 0 amide bonds. The summed E-state index contributed by atoms with van der Waals surface area (Å²) in [4.78, 5) is 8.49. The van der Waals surface area contributed by atoms with Crippen LogP contribution >= 0.6 is 11.3 Å². The summed E-state index contributed by atoms with van der Waals surface area (Å²) in [7, 11) is 0. The molecule has 1 aromatic carbocycles. The molecule has 5 heteroatoms. The van der Waals surface area contributed by atoms with Crippen molar-refractivity contribution in [1.29, 1.82) is 0 Å². The summed E-state index contributed by atoms with van der Waals surface area (Å²) >= 11 is 1.45. The van der Waals surface area contributed by atoms with Crippen LogP contribution in [0.1, 0.15) is 18.5 Å². The number of fused-ring (bicyclic) bond motifs is 1. The van der Waals surface area contributed by atoms with Gasteiger partial charge in [0, 0.05) is 24.2 Å². The molecule has 1 aliphatic carbocycles. The van der Waals surface area contributed by atoms with Crippen LogP contribution in [-0.2, 0) is 0 Å². The van der Waals surface area contributed by atoms with Crippen LogP contribution in [0.25, 0.3) is 10.2 Å². The summed E-state index contributed by atoms with van der Waals surface area (Å²) in [5, 5.41) is 0.564. The van der Waals surface area contributed by atoms with E-state index in [0.717, 1.165) is 27.4 Å². The molecular formula is C17H13N3OS. The topological polar surface area (TPSA) is 61.0 Å². The third-order valence-corrected chi connectivity index (χ3v) is 4.17. The van der Waals surface area contributed by atoms with Gasteiger partial charge in [-0.05, 0) is 37.0 Å². The van der Waals surface area contributed by atoms with Gasteiger partial charge in [-0.2, -0.15) is 0 Å². The average molecular weight is 307 g/mol. The Balaban J connectivity index is 1.58. The molecule has 22 heavy (non-hydrogen) atoms. The molecule has 2 heterocycles. The number of thiazole rings is 1. The molecule has 3 aromatic rings. The zero-order valence-electron chi connectivity index (χ0n) is 11.7. The maximum absolute atomic E-state index is 5.89. The van der Waals surface area contributed by atoms with Gasteiger partial charge in [-0.1, -0.05) is 17.3 Å². The van der Waals surface area contributed by atoms with E-state index >= 15 is 0 Å². The second-order valence-corrected chi connectivity index (χ2v) is 6.27. The number of hydrogen-bond donors (Lipinski definition) is 1. The predicted molar refractivity (Wildman–Crippen MR) is 87.9 cm³/mol. The van der Waals surface area contributed by atoms with Crippen molar-refractivity contribution in [1.82, 2.24) is 9.97 Å². The second-order valence-electron chi connectivity index (χ2n) is 5.20. The van der Waals surface area contributed by atoms with E-state index in [4.69, 9.17) is 10.5 Å².